The molecule has 0 aliphatic carbocycles. The van der Waals surface area contributed by atoms with Crippen molar-refractivity contribution in [2.24, 2.45) is 0 Å². The molecule has 1 aromatic heterocycles. The molecule has 70 valence electrons. The first-order valence-electron chi connectivity index (χ1n) is 4.11. The lowest BCUT2D eigenvalue weighted by Gasteiger charge is -2.01. The van der Waals surface area contributed by atoms with Gasteiger partial charge in [-0.2, -0.15) is 5.10 Å². The first-order valence-corrected chi connectivity index (χ1v) is 4.11. The summed E-state index contributed by atoms with van der Waals surface area (Å²) < 4.78 is 1.79. The van der Waals surface area contributed by atoms with Crippen LogP contribution < -0.4 is 5.32 Å². The molecule has 0 radical (unpaired) electrons. The van der Waals surface area contributed by atoms with Crippen molar-refractivity contribution >= 4 is 5.91 Å². The SMILES string of the molecule is C=CC(=O)NCCn1cc(C)cn1. The monoisotopic (exact) mass is 179 g/mol. The highest BCUT2D eigenvalue weighted by atomic mass is 16.1. The number of amides is 1. The van der Waals surface area contributed by atoms with Crippen LogP contribution >= 0.6 is 0 Å². The Morgan fingerprint density at radius 2 is 2.62 bits per heavy atom. The molecular formula is C9H13N3O. The Morgan fingerprint density at radius 1 is 1.85 bits per heavy atom. The maximum absolute atomic E-state index is 10.7. The van der Waals surface area contributed by atoms with E-state index >= 15 is 0 Å². The number of aryl methyl sites for hydroxylation is 1. The molecule has 0 atom stereocenters. The summed E-state index contributed by atoms with van der Waals surface area (Å²) in [5, 5.41) is 6.75. The van der Waals surface area contributed by atoms with E-state index in [-0.39, 0.29) is 5.91 Å². The molecule has 0 fully saturated rings. The van der Waals surface area contributed by atoms with Gasteiger partial charge in [-0.25, -0.2) is 0 Å². The highest BCUT2D eigenvalue weighted by Crippen LogP contribution is 1.92. The van der Waals surface area contributed by atoms with E-state index in [4.69, 9.17) is 0 Å². The molecule has 0 aliphatic rings. The predicted molar refractivity (Wildman–Crippen MR) is 50.2 cm³/mol. The van der Waals surface area contributed by atoms with E-state index in [9.17, 15) is 4.79 Å². The highest BCUT2D eigenvalue weighted by Gasteiger charge is 1.95. The zero-order valence-corrected chi connectivity index (χ0v) is 7.66. The van der Waals surface area contributed by atoms with Gasteiger partial charge in [0.2, 0.25) is 5.91 Å². The summed E-state index contributed by atoms with van der Waals surface area (Å²) in [6.45, 7) is 6.60. The largest absolute Gasteiger partial charge is 0.351 e. The average molecular weight is 179 g/mol. The van der Waals surface area contributed by atoms with Crippen molar-refractivity contribution in [3.8, 4) is 0 Å². The van der Waals surface area contributed by atoms with Gasteiger partial charge in [-0.15, -0.1) is 0 Å². The van der Waals surface area contributed by atoms with Crippen molar-refractivity contribution in [2.75, 3.05) is 6.54 Å². The predicted octanol–water partition coefficient (Wildman–Crippen LogP) is 0.494. The highest BCUT2D eigenvalue weighted by molar-refractivity contribution is 5.86. The van der Waals surface area contributed by atoms with Crippen LogP contribution in [0.4, 0.5) is 0 Å². The minimum absolute atomic E-state index is 0.149. The van der Waals surface area contributed by atoms with Crippen LogP contribution in [0, 0.1) is 6.92 Å². The fraction of sp³-hybridized carbons (Fsp3) is 0.333. The van der Waals surface area contributed by atoms with Gasteiger partial charge in [0, 0.05) is 12.7 Å². The fourth-order valence-electron chi connectivity index (χ4n) is 0.955. The third kappa shape index (κ3) is 3.11. The van der Waals surface area contributed by atoms with E-state index in [1.54, 1.807) is 10.9 Å². The second-order valence-corrected chi connectivity index (χ2v) is 2.78. The van der Waals surface area contributed by atoms with E-state index < -0.39 is 0 Å². The minimum Gasteiger partial charge on any atom is -0.351 e. The summed E-state index contributed by atoms with van der Waals surface area (Å²) in [6.07, 6.45) is 4.98. The number of hydrogen-bond acceptors (Lipinski definition) is 2. The van der Waals surface area contributed by atoms with E-state index in [1.807, 2.05) is 13.1 Å². The number of rotatable bonds is 4. The second-order valence-electron chi connectivity index (χ2n) is 2.78. The smallest absolute Gasteiger partial charge is 0.243 e. The van der Waals surface area contributed by atoms with Gasteiger partial charge in [0.1, 0.15) is 0 Å². The summed E-state index contributed by atoms with van der Waals surface area (Å²) in [5.74, 6) is -0.149. The Labute approximate surface area is 77.3 Å². The number of aromatic nitrogens is 2. The van der Waals surface area contributed by atoms with E-state index in [0.717, 1.165) is 5.56 Å². The molecule has 0 aromatic carbocycles. The fourth-order valence-corrected chi connectivity index (χ4v) is 0.955. The van der Waals surface area contributed by atoms with Crippen molar-refractivity contribution in [1.29, 1.82) is 0 Å². The molecule has 1 aromatic rings. The van der Waals surface area contributed by atoms with Crippen molar-refractivity contribution in [3.63, 3.8) is 0 Å². The maximum Gasteiger partial charge on any atom is 0.243 e. The molecule has 1 heterocycles. The lowest BCUT2D eigenvalue weighted by atomic mass is 10.4. The Morgan fingerprint density at radius 3 is 3.15 bits per heavy atom. The molecule has 4 nitrogen and oxygen atoms in total. The third-order valence-electron chi connectivity index (χ3n) is 1.59. The van der Waals surface area contributed by atoms with Crippen molar-refractivity contribution in [3.05, 3.63) is 30.6 Å². The quantitative estimate of drug-likeness (QED) is 0.684. The van der Waals surface area contributed by atoms with Gasteiger partial charge < -0.3 is 5.32 Å². The number of carbonyl (C=O) groups is 1. The number of nitrogens with one attached hydrogen (secondary N) is 1. The van der Waals surface area contributed by atoms with Crippen LogP contribution in [-0.4, -0.2) is 22.2 Å². The van der Waals surface area contributed by atoms with Crippen LogP contribution in [0.1, 0.15) is 5.56 Å². The minimum atomic E-state index is -0.149. The van der Waals surface area contributed by atoms with Crippen molar-refractivity contribution < 1.29 is 4.79 Å². The normalized spacial score (nSPS) is 9.62. The van der Waals surface area contributed by atoms with Gasteiger partial charge >= 0.3 is 0 Å². The van der Waals surface area contributed by atoms with Gasteiger partial charge in [-0.05, 0) is 18.6 Å². The third-order valence-corrected chi connectivity index (χ3v) is 1.59. The lowest BCUT2D eigenvalue weighted by molar-refractivity contribution is -0.116. The van der Waals surface area contributed by atoms with Crippen molar-refractivity contribution in [1.82, 2.24) is 15.1 Å². The van der Waals surface area contributed by atoms with Crippen molar-refractivity contribution in [2.45, 2.75) is 13.5 Å². The molecular weight excluding hydrogens is 166 g/mol. The molecule has 0 aliphatic heterocycles. The second kappa shape index (κ2) is 4.45. The lowest BCUT2D eigenvalue weighted by Crippen LogP contribution is -2.25. The first kappa shape index (κ1) is 9.51. The molecule has 0 saturated heterocycles. The first-order chi connectivity index (χ1) is 6.22. The zero-order valence-electron chi connectivity index (χ0n) is 7.66. The average Bonchev–Trinajstić information content (AvgIpc) is 2.51. The Kier molecular flexibility index (Phi) is 3.25. The molecule has 0 bridgehead atoms. The van der Waals surface area contributed by atoms with Crippen LogP contribution in [0.15, 0.2) is 25.0 Å². The van der Waals surface area contributed by atoms with E-state index in [0.29, 0.717) is 13.1 Å². The number of hydrogen-bond donors (Lipinski definition) is 1. The Bertz CT molecular complexity index is 304. The van der Waals surface area contributed by atoms with Gasteiger partial charge in [-0.3, -0.25) is 9.48 Å². The van der Waals surface area contributed by atoms with Gasteiger partial charge in [0.25, 0.3) is 0 Å². The van der Waals surface area contributed by atoms with E-state index in [2.05, 4.69) is 17.0 Å². The number of nitrogens with zero attached hydrogens (tertiary/aromatic N) is 2. The van der Waals surface area contributed by atoms with Gasteiger partial charge in [0.05, 0.1) is 12.7 Å². The summed E-state index contributed by atoms with van der Waals surface area (Å²) >= 11 is 0. The zero-order chi connectivity index (χ0) is 9.68. The molecule has 1 rings (SSSR count). The molecule has 1 N–H and O–H groups in total. The van der Waals surface area contributed by atoms with Crippen LogP contribution in [0.5, 0.6) is 0 Å². The molecule has 0 saturated carbocycles. The van der Waals surface area contributed by atoms with Gasteiger partial charge in [0.15, 0.2) is 0 Å². The Hall–Kier alpha value is -1.58. The molecule has 0 spiro atoms. The number of carbonyl (C=O) groups excluding carboxylic acids is 1. The topological polar surface area (TPSA) is 46.9 Å². The Balaban J connectivity index is 2.27. The molecule has 13 heavy (non-hydrogen) atoms. The van der Waals surface area contributed by atoms with Gasteiger partial charge in [-0.1, -0.05) is 6.58 Å². The summed E-state index contributed by atoms with van der Waals surface area (Å²) in [4.78, 5) is 10.7. The van der Waals surface area contributed by atoms with Crippen LogP contribution in [0.3, 0.4) is 0 Å². The summed E-state index contributed by atoms with van der Waals surface area (Å²) in [5.41, 5.74) is 1.12. The van der Waals surface area contributed by atoms with Crippen LogP contribution in [0.25, 0.3) is 0 Å². The van der Waals surface area contributed by atoms with E-state index in [1.165, 1.54) is 6.08 Å². The van der Waals surface area contributed by atoms with Crippen LogP contribution in [0.2, 0.25) is 0 Å². The molecule has 4 heteroatoms. The maximum atomic E-state index is 10.7. The summed E-state index contributed by atoms with van der Waals surface area (Å²) in [6, 6.07) is 0. The standard InChI is InChI=1S/C9H13N3O/c1-3-9(13)10-4-5-12-7-8(2)6-11-12/h3,6-7H,1,4-5H2,2H3,(H,10,13). The molecule has 1 amide bonds. The van der Waals surface area contributed by atoms with Crippen LogP contribution in [-0.2, 0) is 11.3 Å². The molecule has 0 unspecified atom stereocenters. The summed E-state index contributed by atoms with van der Waals surface area (Å²) in [7, 11) is 0.